The van der Waals surface area contributed by atoms with Crippen LogP contribution in [-0.2, 0) is 9.59 Å². The van der Waals surface area contributed by atoms with E-state index >= 15 is 0 Å². The molecule has 0 aromatic heterocycles. The molecule has 2 N–H and O–H groups in total. The minimum atomic E-state index is -1.02. The molecule has 2 aliphatic rings. The SMILES string of the molecule is O=C(Nc1ccc(F)cc1F)[C@@H]1[C@@H](C(=O)O)[C@H]2C=C[C@@H]1C2. The number of halogens is 2. The normalized spacial score (nSPS) is 29.6. The number of hydrogen-bond donors (Lipinski definition) is 2. The third-order valence-corrected chi connectivity index (χ3v) is 4.24. The number of amides is 1. The molecule has 1 aromatic rings. The van der Waals surface area contributed by atoms with Gasteiger partial charge in [0, 0.05) is 6.07 Å². The van der Waals surface area contributed by atoms with Gasteiger partial charge in [-0.3, -0.25) is 9.59 Å². The first-order chi connectivity index (χ1) is 9.97. The van der Waals surface area contributed by atoms with Crippen LogP contribution in [0.1, 0.15) is 6.42 Å². The molecule has 21 heavy (non-hydrogen) atoms. The summed E-state index contributed by atoms with van der Waals surface area (Å²) in [6.07, 6.45) is 4.29. The van der Waals surface area contributed by atoms with Gasteiger partial charge in [0.25, 0.3) is 0 Å². The number of aliphatic carboxylic acids is 1. The summed E-state index contributed by atoms with van der Waals surface area (Å²) in [7, 11) is 0. The molecule has 1 saturated carbocycles. The average Bonchev–Trinajstić information content (AvgIpc) is 3.02. The predicted octanol–water partition coefficient (Wildman–Crippen LogP) is 2.43. The number of benzene rings is 1. The highest BCUT2D eigenvalue weighted by Gasteiger charge is 2.51. The van der Waals surface area contributed by atoms with Crippen molar-refractivity contribution in [1.82, 2.24) is 0 Å². The van der Waals surface area contributed by atoms with E-state index in [0.717, 1.165) is 12.1 Å². The Morgan fingerprint density at radius 1 is 1.14 bits per heavy atom. The van der Waals surface area contributed by atoms with Crippen molar-refractivity contribution in [3.63, 3.8) is 0 Å². The Balaban J connectivity index is 1.82. The monoisotopic (exact) mass is 293 g/mol. The zero-order valence-electron chi connectivity index (χ0n) is 10.9. The van der Waals surface area contributed by atoms with Crippen molar-refractivity contribution in [2.75, 3.05) is 5.32 Å². The van der Waals surface area contributed by atoms with Gasteiger partial charge in [-0.2, -0.15) is 0 Å². The minimum Gasteiger partial charge on any atom is -0.481 e. The molecule has 4 atom stereocenters. The van der Waals surface area contributed by atoms with Crippen molar-refractivity contribution >= 4 is 17.6 Å². The first-order valence-corrected chi connectivity index (χ1v) is 6.64. The fourth-order valence-corrected chi connectivity index (χ4v) is 3.32. The fourth-order valence-electron chi connectivity index (χ4n) is 3.32. The number of carboxylic acid groups (broad SMARTS) is 1. The Labute approximate surface area is 119 Å². The molecule has 1 amide bonds. The summed E-state index contributed by atoms with van der Waals surface area (Å²) in [5, 5.41) is 11.6. The second-order valence-corrected chi connectivity index (χ2v) is 5.45. The lowest BCUT2D eigenvalue weighted by atomic mass is 9.82. The van der Waals surface area contributed by atoms with Crippen LogP contribution in [0.4, 0.5) is 14.5 Å². The predicted molar refractivity (Wildman–Crippen MR) is 70.3 cm³/mol. The van der Waals surface area contributed by atoms with Crippen molar-refractivity contribution in [3.8, 4) is 0 Å². The number of carbonyl (C=O) groups excluding carboxylic acids is 1. The highest BCUT2D eigenvalue weighted by atomic mass is 19.1. The van der Waals surface area contributed by atoms with Gasteiger partial charge in [0.05, 0.1) is 17.5 Å². The van der Waals surface area contributed by atoms with Crippen LogP contribution in [0.15, 0.2) is 30.4 Å². The first-order valence-electron chi connectivity index (χ1n) is 6.64. The topological polar surface area (TPSA) is 66.4 Å². The fraction of sp³-hybridized carbons (Fsp3) is 0.333. The number of anilines is 1. The van der Waals surface area contributed by atoms with Gasteiger partial charge >= 0.3 is 5.97 Å². The van der Waals surface area contributed by atoms with E-state index in [-0.39, 0.29) is 17.5 Å². The lowest BCUT2D eigenvalue weighted by Gasteiger charge is -2.23. The van der Waals surface area contributed by atoms with Gasteiger partial charge in [0.2, 0.25) is 5.91 Å². The molecule has 110 valence electrons. The van der Waals surface area contributed by atoms with E-state index in [1.807, 2.05) is 12.2 Å². The molecule has 0 heterocycles. The number of rotatable bonds is 3. The highest BCUT2D eigenvalue weighted by molar-refractivity contribution is 5.96. The third kappa shape index (κ3) is 2.30. The molecule has 4 nitrogen and oxygen atoms in total. The molecule has 6 heteroatoms. The Kier molecular flexibility index (Phi) is 3.23. The maximum atomic E-state index is 13.6. The number of carbonyl (C=O) groups is 2. The van der Waals surface area contributed by atoms with Gasteiger partial charge < -0.3 is 10.4 Å². The second kappa shape index (κ2) is 4.95. The summed E-state index contributed by atoms with van der Waals surface area (Å²) < 4.78 is 26.4. The summed E-state index contributed by atoms with van der Waals surface area (Å²) in [6.45, 7) is 0. The van der Waals surface area contributed by atoms with Crippen LogP contribution in [0.5, 0.6) is 0 Å². The first kappa shape index (κ1) is 13.7. The Morgan fingerprint density at radius 3 is 2.43 bits per heavy atom. The van der Waals surface area contributed by atoms with Crippen LogP contribution in [0.3, 0.4) is 0 Å². The van der Waals surface area contributed by atoms with Crippen molar-refractivity contribution < 1.29 is 23.5 Å². The van der Waals surface area contributed by atoms with Gasteiger partial charge in [-0.05, 0) is 30.4 Å². The molecule has 0 spiro atoms. The quantitative estimate of drug-likeness (QED) is 0.841. The van der Waals surface area contributed by atoms with Gasteiger partial charge in [-0.15, -0.1) is 0 Å². The summed E-state index contributed by atoms with van der Waals surface area (Å²) in [6, 6.07) is 2.83. The third-order valence-electron chi connectivity index (χ3n) is 4.24. The molecule has 2 aliphatic carbocycles. The summed E-state index contributed by atoms with van der Waals surface area (Å²) in [5.41, 5.74) is -0.141. The van der Waals surface area contributed by atoms with E-state index in [4.69, 9.17) is 0 Å². The molecule has 0 radical (unpaired) electrons. The van der Waals surface area contributed by atoms with E-state index in [2.05, 4.69) is 5.32 Å². The molecule has 1 aromatic carbocycles. The van der Waals surface area contributed by atoms with Gasteiger partial charge in [0.15, 0.2) is 0 Å². The Hall–Kier alpha value is -2.24. The standard InChI is InChI=1S/C15H13F2NO3/c16-9-3-4-11(10(17)6-9)18-14(19)12-7-1-2-8(5-7)13(12)15(20)21/h1-4,6-8,12-13H,5H2,(H,18,19)(H,20,21)/t7-,8+,12+,13+/m1/s1. The molecular formula is C15H13F2NO3. The van der Waals surface area contributed by atoms with E-state index < -0.39 is 35.3 Å². The van der Waals surface area contributed by atoms with E-state index in [9.17, 15) is 23.5 Å². The minimum absolute atomic E-state index is 0.139. The van der Waals surface area contributed by atoms with Crippen molar-refractivity contribution in [2.24, 2.45) is 23.7 Å². The number of fused-ring (bicyclic) bond motifs is 2. The summed E-state index contributed by atoms with van der Waals surface area (Å²) in [5.74, 6) is -4.98. The van der Waals surface area contributed by atoms with E-state index in [1.54, 1.807) is 0 Å². The average molecular weight is 293 g/mol. The smallest absolute Gasteiger partial charge is 0.307 e. The maximum absolute atomic E-state index is 13.6. The lowest BCUT2D eigenvalue weighted by Crippen LogP contribution is -2.36. The van der Waals surface area contributed by atoms with Crippen LogP contribution >= 0.6 is 0 Å². The molecule has 1 fully saturated rings. The Bertz CT molecular complexity index is 644. The van der Waals surface area contributed by atoms with Gasteiger partial charge in [-0.25, -0.2) is 8.78 Å². The van der Waals surface area contributed by atoms with Gasteiger partial charge in [-0.1, -0.05) is 12.2 Å². The molecule has 0 saturated heterocycles. The molecule has 2 bridgehead atoms. The molecule has 3 rings (SSSR count). The summed E-state index contributed by atoms with van der Waals surface area (Å²) in [4.78, 5) is 23.6. The van der Waals surface area contributed by atoms with Crippen molar-refractivity contribution in [2.45, 2.75) is 6.42 Å². The van der Waals surface area contributed by atoms with Crippen LogP contribution < -0.4 is 5.32 Å². The highest BCUT2D eigenvalue weighted by Crippen LogP contribution is 2.48. The van der Waals surface area contributed by atoms with Crippen molar-refractivity contribution in [1.29, 1.82) is 0 Å². The largest absolute Gasteiger partial charge is 0.481 e. The van der Waals surface area contributed by atoms with Crippen LogP contribution in [-0.4, -0.2) is 17.0 Å². The molecular weight excluding hydrogens is 280 g/mol. The lowest BCUT2D eigenvalue weighted by molar-refractivity contribution is -0.146. The van der Waals surface area contributed by atoms with Crippen LogP contribution in [0, 0.1) is 35.3 Å². The van der Waals surface area contributed by atoms with Gasteiger partial charge in [0.1, 0.15) is 11.6 Å². The second-order valence-electron chi connectivity index (χ2n) is 5.45. The van der Waals surface area contributed by atoms with Crippen LogP contribution in [0.25, 0.3) is 0 Å². The van der Waals surface area contributed by atoms with Crippen LogP contribution in [0.2, 0.25) is 0 Å². The number of allylic oxidation sites excluding steroid dienone is 2. The van der Waals surface area contributed by atoms with E-state index in [1.165, 1.54) is 0 Å². The number of nitrogens with one attached hydrogen (secondary N) is 1. The zero-order valence-corrected chi connectivity index (χ0v) is 10.9. The molecule has 0 unspecified atom stereocenters. The maximum Gasteiger partial charge on any atom is 0.307 e. The Morgan fingerprint density at radius 2 is 1.81 bits per heavy atom. The van der Waals surface area contributed by atoms with Crippen molar-refractivity contribution in [3.05, 3.63) is 42.0 Å². The number of carboxylic acids is 1. The van der Waals surface area contributed by atoms with E-state index in [0.29, 0.717) is 12.5 Å². The summed E-state index contributed by atoms with van der Waals surface area (Å²) >= 11 is 0. The zero-order chi connectivity index (χ0) is 15.1. The number of hydrogen-bond acceptors (Lipinski definition) is 2. The molecule has 0 aliphatic heterocycles.